The van der Waals surface area contributed by atoms with E-state index in [0.29, 0.717) is 11.6 Å². The number of nitrogens with one attached hydrogen (secondary N) is 2. The fraction of sp³-hybridized carbons (Fsp3) is 0.529. The highest BCUT2D eigenvalue weighted by molar-refractivity contribution is 5.96. The Labute approximate surface area is 132 Å². The number of carbonyl (C=O) groups excluding carboxylic acids is 2. The SMILES string of the molecule is CNC1CCCN(C(C)C(=O)Nc2ccc(C(C)=O)cc2)C1. The van der Waals surface area contributed by atoms with Gasteiger partial charge in [-0.1, -0.05) is 0 Å². The molecular weight excluding hydrogens is 278 g/mol. The van der Waals surface area contributed by atoms with E-state index in [9.17, 15) is 9.59 Å². The molecule has 2 rings (SSSR count). The van der Waals surface area contributed by atoms with Crippen molar-refractivity contribution in [1.82, 2.24) is 10.2 Å². The van der Waals surface area contributed by atoms with E-state index < -0.39 is 0 Å². The molecule has 1 fully saturated rings. The summed E-state index contributed by atoms with van der Waals surface area (Å²) in [6.07, 6.45) is 2.27. The Kier molecular flexibility index (Phi) is 5.69. The Bertz CT molecular complexity index is 527. The molecule has 2 atom stereocenters. The summed E-state index contributed by atoms with van der Waals surface area (Å²) in [5.41, 5.74) is 1.38. The van der Waals surface area contributed by atoms with E-state index in [-0.39, 0.29) is 17.7 Å². The number of likely N-dealkylation sites (tertiary alicyclic amines) is 1. The van der Waals surface area contributed by atoms with E-state index in [4.69, 9.17) is 0 Å². The number of anilines is 1. The van der Waals surface area contributed by atoms with Gasteiger partial charge in [-0.3, -0.25) is 14.5 Å². The van der Waals surface area contributed by atoms with Crippen LogP contribution < -0.4 is 10.6 Å². The molecule has 2 N–H and O–H groups in total. The number of rotatable bonds is 5. The summed E-state index contributed by atoms with van der Waals surface area (Å²) in [6.45, 7) is 5.33. The molecule has 0 spiro atoms. The normalized spacial score (nSPS) is 20.4. The maximum absolute atomic E-state index is 12.4. The monoisotopic (exact) mass is 303 g/mol. The second kappa shape index (κ2) is 7.51. The number of hydrogen-bond donors (Lipinski definition) is 2. The molecule has 1 aromatic rings. The fourth-order valence-electron chi connectivity index (χ4n) is 2.79. The number of likely N-dealkylation sites (N-methyl/N-ethyl adjacent to an activating group) is 1. The van der Waals surface area contributed by atoms with Gasteiger partial charge in [-0.15, -0.1) is 0 Å². The van der Waals surface area contributed by atoms with Crippen molar-refractivity contribution >= 4 is 17.4 Å². The highest BCUT2D eigenvalue weighted by atomic mass is 16.2. The van der Waals surface area contributed by atoms with Crippen LogP contribution >= 0.6 is 0 Å². The molecule has 0 aliphatic carbocycles. The molecule has 1 saturated heterocycles. The number of ketones is 1. The smallest absolute Gasteiger partial charge is 0.241 e. The van der Waals surface area contributed by atoms with Crippen molar-refractivity contribution in [1.29, 1.82) is 0 Å². The Morgan fingerprint density at radius 2 is 1.95 bits per heavy atom. The quantitative estimate of drug-likeness (QED) is 0.816. The summed E-state index contributed by atoms with van der Waals surface area (Å²) in [6, 6.07) is 7.31. The Morgan fingerprint density at radius 1 is 1.27 bits per heavy atom. The number of piperidine rings is 1. The Balaban J connectivity index is 1.94. The molecule has 120 valence electrons. The second-order valence-electron chi connectivity index (χ2n) is 5.92. The summed E-state index contributed by atoms with van der Waals surface area (Å²) in [5.74, 6) is 0.0185. The fourth-order valence-corrected chi connectivity index (χ4v) is 2.79. The van der Waals surface area contributed by atoms with Crippen LogP contribution in [-0.2, 0) is 4.79 Å². The molecule has 0 bridgehead atoms. The van der Waals surface area contributed by atoms with Crippen LogP contribution in [-0.4, -0.2) is 48.8 Å². The molecule has 0 radical (unpaired) electrons. The minimum absolute atomic E-state index is 0.00710. The third kappa shape index (κ3) is 4.15. The van der Waals surface area contributed by atoms with Crippen LogP contribution in [0.4, 0.5) is 5.69 Å². The zero-order valence-electron chi connectivity index (χ0n) is 13.6. The molecule has 22 heavy (non-hydrogen) atoms. The first-order valence-electron chi connectivity index (χ1n) is 7.84. The van der Waals surface area contributed by atoms with Crippen molar-refractivity contribution in [2.45, 2.75) is 38.8 Å². The number of carbonyl (C=O) groups is 2. The van der Waals surface area contributed by atoms with Gasteiger partial charge in [0, 0.05) is 23.8 Å². The highest BCUT2D eigenvalue weighted by Crippen LogP contribution is 2.15. The van der Waals surface area contributed by atoms with Gasteiger partial charge < -0.3 is 10.6 Å². The topological polar surface area (TPSA) is 61.4 Å². The Morgan fingerprint density at radius 3 is 2.55 bits per heavy atom. The van der Waals surface area contributed by atoms with Crippen LogP contribution in [0.3, 0.4) is 0 Å². The van der Waals surface area contributed by atoms with Gasteiger partial charge >= 0.3 is 0 Å². The van der Waals surface area contributed by atoms with E-state index >= 15 is 0 Å². The van der Waals surface area contributed by atoms with Crippen LogP contribution in [0.1, 0.15) is 37.0 Å². The molecule has 0 aromatic heterocycles. The summed E-state index contributed by atoms with van der Waals surface area (Å²) in [4.78, 5) is 25.9. The summed E-state index contributed by atoms with van der Waals surface area (Å²) >= 11 is 0. The van der Waals surface area contributed by atoms with Crippen molar-refractivity contribution in [2.24, 2.45) is 0 Å². The molecule has 5 heteroatoms. The van der Waals surface area contributed by atoms with Crippen LogP contribution in [0.25, 0.3) is 0 Å². The van der Waals surface area contributed by atoms with E-state index in [1.165, 1.54) is 6.92 Å². The van der Waals surface area contributed by atoms with Crippen molar-refractivity contribution in [3.63, 3.8) is 0 Å². The lowest BCUT2D eigenvalue weighted by Crippen LogP contribution is -2.51. The first-order valence-corrected chi connectivity index (χ1v) is 7.84. The average molecular weight is 303 g/mol. The van der Waals surface area contributed by atoms with Gasteiger partial charge in [0.25, 0.3) is 0 Å². The van der Waals surface area contributed by atoms with Gasteiger partial charge in [-0.05, 0) is 64.5 Å². The number of nitrogens with zero attached hydrogens (tertiary/aromatic N) is 1. The third-order valence-corrected chi connectivity index (χ3v) is 4.35. The van der Waals surface area contributed by atoms with Crippen molar-refractivity contribution < 1.29 is 9.59 Å². The van der Waals surface area contributed by atoms with Gasteiger partial charge in [0.15, 0.2) is 5.78 Å². The molecule has 1 aliphatic rings. The first kappa shape index (κ1) is 16.6. The first-order chi connectivity index (χ1) is 10.5. The molecule has 1 aliphatic heterocycles. The average Bonchev–Trinajstić information content (AvgIpc) is 2.54. The molecule has 2 unspecified atom stereocenters. The summed E-state index contributed by atoms with van der Waals surface area (Å²) in [7, 11) is 1.97. The lowest BCUT2D eigenvalue weighted by molar-refractivity contribution is -0.121. The third-order valence-electron chi connectivity index (χ3n) is 4.35. The van der Waals surface area contributed by atoms with E-state index in [1.807, 2.05) is 14.0 Å². The number of hydrogen-bond acceptors (Lipinski definition) is 4. The minimum Gasteiger partial charge on any atom is -0.325 e. The van der Waals surface area contributed by atoms with Gasteiger partial charge in [0.05, 0.1) is 6.04 Å². The van der Waals surface area contributed by atoms with Crippen LogP contribution in [0, 0.1) is 0 Å². The predicted octanol–water partition coefficient (Wildman–Crippen LogP) is 1.90. The van der Waals surface area contributed by atoms with Crippen LogP contribution in [0.5, 0.6) is 0 Å². The highest BCUT2D eigenvalue weighted by Gasteiger charge is 2.26. The van der Waals surface area contributed by atoms with Crippen molar-refractivity contribution in [2.75, 3.05) is 25.5 Å². The van der Waals surface area contributed by atoms with Gasteiger partial charge in [-0.2, -0.15) is 0 Å². The molecule has 1 aromatic carbocycles. The summed E-state index contributed by atoms with van der Waals surface area (Å²) in [5, 5.41) is 6.21. The van der Waals surface area contributed by atoms with Crippen LogP contribution in [0.2, 0.25) is 0 Å². The standard InChI is InChI=1S/C17H25N3O2/c1-12(20-10-4-5-16(11-20)18-3)17(22)19-15-8-6-14(7-9-15)13(2)21/h6-9,12,16,18H,4-5,10-11H2,1-3H3,(H,19,22). The minimum atomic E-state index is -0.163. The zero-order valence-corrected chi connectivity index (χ0v) is 13.6. The maximum Gasteiger partial charge on any atom is 0.241 e. The van der Waals surface area contributed by atoms with E-state index in [0.717, 1.165) is 31.6 Å². The molecular formula is C17H25N3O2. The number of benzene rings is 1. The van der Waals surface area contributed by atoms with Crippen molar-refractivity contribution in [3.05, 3.63) is 29.8 Å². The van der Waals surface area contributed by atoms with Gasteiger partial charge in [0.2, 0.25) is 5.91 Å². The largest absolute Gasteiger partial charge is 0.325 e. The van der Waals surface area contributed by atoms with E-state index in [1.54, 1.807) is 24.3 Å². The molecule has 1 amide bonds. The Hall–Kier alpha value is -1.72. The molecule has 5 nitrogen and oxygen atoms in total. The van der Waals surface area contributed by atoms with Gasteiger partial charge in [-0.25, -0.2) is 0 Å². The van der Waals surface area contributed by atoms with Gasteiger partial charge in [0.1, 0.15) is 0 Å². The zero-order chi connectivity index (χ0) is 16.1. The predicted molar refractivity (Wildman–Crippen MR) is 88.2 cm³/mol. The lowest BCUT2D eigenvalue weighted by Gasteiger charge is -2.35. The maximum atomic E-state index is 12.4. The molecule has 0 saturated carbocycles. The number of amides is 1. The summed E-state index contributed by atoms with van der Waals surface area (Å²) < 4.78 is 0. The van der Waals surface area contributed by atoms with Crippen LogP contribution in [0.15, 0.2) is 24.3 Å². The second-order valence-corrected chi connectivity index (χ2v) is 5.92. The van der Waals surface area contributed by atoms with Crippen molar-refractivity contribution in [3.8, 4) is 0 Å². The number of Topliss-reactive ketones (excluding diaryl/α,β-unsaturated/α-hetero) is 1. The molecule has 1 heterocycles. The lowest BCUT2D eigenvalue weighted by atomic mass is 10.0. The van der Waals surface area contributed by atoms with E-state index in [2.05, 4.69) is 15.5 Å².